The molecule has 0 fully saturated rings. The Bertz CT molecular complexity index is 768. The maximum absolute atomic E-state index is 12.5. The Morgan fingerprint density at radius 3 is 2.04 bits per heavy atom. The molecule has 0 aliphatic heterocycles. The number of benzene rings is 2. The van der Waals surface area contributed by atoms with Crippen molar-refractivity contribution < 1.29 is 9.59 Å². The van der Waals surface area contributed by atoms with Crippen LogP contribution in [0.15, 0.2) is 42.5 Å². The highest BCUT2D eigenvalue weighted by Gasteiger charge is 2.36. The molecule has 0 spiro atoms. The second-order valence-corrected chi connectivity index (χ2v) is 6.88. The summed E-state index contributed by atoms with van der Waals surface area (Å²) in [5, 5.41) is 6.27. The van der Waals surface area contributed by atoms with Crippen LogP contribution < -0.4 is 10.6 Å². The fraction of sp³-hybridized carbons (Fsp3) is 0.222. The molecule has 2 N–H and O–H groups in total. The van der Waals surface area contributed by atoms with Crippen molar-refractivity contribution in [1.29, 1.82) is 0 Å². The van der Waals surface area contributed by atoms with Crippen LogP contribution >= 0.6 is 23.2 Å². The minimum Gasteiger partial charge on any atom is -0.325 e. The molecule has 2 rings (SSSR count). The summed E-state index contributed by atoms with van der Waals surface area (Å²) in [6.07, 6.45) is 0. The minimum absolute atomic E-state index is 0.401. The minimum atomic E-state index is -1.28. The van der Waals surface area contributed by atoms with Crippen LogP contribution in [0.3, 0.4) is 0 Å². The Morgan fingerprint density at radius 1 is 0.917 bits per heavy atom. The molecule has 0 aromatic heterocycles. The van der Waals surface area contributed by atoms with E-state index in [0.29, 0.717) is 21.4 Å². The van der Waals surface area contributed by atoms with Gasteiger partial charge in [0.1, 0.15) is 5.41 Å². The number of nitrogens with one attached hydrogen (secondary N) is 2. The van der Waals surface area contributed by atoms with Gasteiger partial charge in [-0.05, 0) is 50.6 Å². The van der Waals surface area contributed by atoms with E-state index >= 15 is 0 Å². The van der Waals surface area contributed by atoms with Crippen LogP contribution in [0.5, 0.6) is 0 Å². The van der Waals surface area contributed by atoms with Crippen molar-refractivity contribution in [1.82, 2.24) is 0 Å². The summed E-state index contributed by atoms with van der Waals surface area (Å²) in [6.45, 7) is 5.00. The number of aryl methyl sites for hydroxylation is 1. The molecule has 0 saturated carbocycles. The van der Waals surface area contributed by atoms with Gasteiger partial charge >= 0.3 is 0 Å². The summed E-state index contributed by atoms with van der Waals surface area (Å²) >= 11 is 11.8. The Hall–Kier alpha value is -2.04. The maximum Gasteiger partial charge on any atom is 0.239 e. The quantitative estimate of drug-likeness (QED) is 0.757. The normalized spacial score (nSPS) is 11.0. The summed E-state index contributed by atoms with van der Waals surface area (Å²) in [4.78, 5) is 25.0. The van der Waals surface area contributed by atoms with E-state index < -0.39 is 17.2 Å². The van der Waals surface area contributed by atoms with Crippen molar-refractivity contribution in [3.63, 3.8) is 0 Å². The van der Waals surface area contributed by atoms with Crippen LogP contribution in [0, 0.1) is 12.3 Å². The van der Waals surface area contributed by atoms with Gasteiger partial charge in [-0.2, -0.15) is 0 Å². The molecule has 4 nitrogen and oxygen atoms in total. The molecule has 0 aliphatic rings. The highest BCUT2D eigenvalue weighted by molar-refractivity contribution is 6.35. The molecular formula is C18H18Cl2N2O2. The zero-order valence-electron chi connectivity index (χ0n) is 13.6. The molecule has 0 atom stereocenters. The van der Waals surface area contributed by atoms with Crippen LogP contribution in [-0.2, 0) is 9.59 Å². The standard InChI is InChI=1S/C18H18Cl2N2O2/c1-11-6-4-5-7-15(11)22-17(24)18(2,3)16(23)21-14-9-12(19)8-13(20)10-14/h4-10H,1-3H3,(H,21,23)(H,22,24). The highest BCUT2D eigenvalue weighted by atomic mass is 35.5. The first-order valence-electron chi connectivity index (χ1n) is 7.35. The Labute approximate surface area is 151 Å². The van der Waals surface area contributed by atoms with Crippen LogP contribution in [0.1, 0.15) is 19.4 Å². The zero-order valence-corrected chi connectivity index (χ0v) is 15.1. The predicted molar refractivity (Wildman–Crippen MR) is 98.7 cm³/mol. The highest BCUT2D eigenvalue weighted by Crippen LogP contribution is 2.26. The number of carbonyl (C=O) groups is 2. The summed E-state index contributed by atoms with van der Waals surface area (Å²) in [6, 6.07) is 12.1. The summed E-state index contributed by atoms with van der Waals surface area (Å²) in [7, 11) is 0. The van der Waals surface area contributed by atoms with Gasteiger partial charge in [0.25, 0.3) is 0 Å². The lowest BCUT2D eigenvalue weighted by Crippen LogP contribution is -2.41. The molecule has 126 valence electrons. The van der Waals surface area contributed by atoms with E-state index in [-0.39, 0.29) is 0 Å². The number of para-hydroxylation sites is 1. The molecular weight excluding hydrogens is 347 g/mol. The van der Waals surface area contributed by atoms with E-state index in [9.17, 15) is 9.59 Å². The summed E-state index contributed by atoms with van der Waals surface area (Å²) in [5.41, 5.74) is 0.754. The van der Waals surface area contributed by atoms with E-state index in [4.69, 9.17) is 23.2 Å². The number of halogens is 2. The van der Waals surface area contributed by atoms with Crippen molar-refractivity contribution in [2.24, 2.45) is 5.41 Å². The van der Waals surface area contributed by atoms with Crippen molar-refractivity contribution in [3.05, 3.63) is 58.1 Å². The first-order chi connectivity index (χ1) is 11.2. The van der Waals surface area contributed by atoms with E-state index in [0.717, 1.165) is 5.56 Å². The van der Waals surface area contributed by atoms with E-state index in [1.807, 2.05) is 25.1 Å². The van der Waals surface area contributed by atoms with Gasteiger partial charge in [0, 0.05) is 21.4 Å². The summed E-state index contributed by atoms with van der Waals surface area (Å²) < 4.78 is 0. The van der Waals surface area contributed by atoms with Gasteiger partial charge in [0.05, 0.1) is 0 Å². The molecule has 2 aromatic carbocycles. The number of hydrogen-bond acceptors (Lipinski definition) is 2. The third-order valence-electron chi connectivity index (χ3n) is 3.65. The second-order valence-electron chi connectivity index (χ2n) is 6.01. The van der Waals surface area contributed by atoms with Gasteiger partial charge in [-0.3, -0.25) is 9.59 Å². The van der Waals surface area contributed by atoms with Crippen molar-refractivity contribution in [2.45, 2.75) is 20.8 Å². The fourth-order valence-electron chi connectivity index (χ4n) is 2.01. The van der Waals surface area contributed by atoms with Gasteiger partial charge in [-0.1, -0.05) is 41.4 Å². The predicted octanol–water partition coefficient (Wildman–Crippen LogP) is 4.91. The monoisotopic (exact) mass is 364 g/mol. The Morgan fingerprint density at radius 2 is 1.46 bits per heavy atom. The Balaban J connectivity index is 2.14. The third kappa shape index (κ3) is 4.28. The Kier molecular flexibility index (Phi) is 5.52. The zero-order chi connectivity index (χ0) is 17.9. The lowest BCUT2D eigenvalue weighted by atomic mass is 9.90. The van der Waals surface area contributed by atoms with Crippen LogP contribution in [0.25, 0.3) is 0 Å². The van der Waals surface area contributed by atoms with Gasteiger partial charge in [-0.15, -0.1) is 0 Å². The molecule has 0 bridgehead atoms. The number of anilines is 2. The van der Waals surface area contributed by atoms with Crippen molar-refractivity contribution in [2.75, 3.05) is 10.6 Å². The topological polar surface area (TPSA) is 58.2 Å². The van der Waals surface area contributed by atoms with Crippen LogP contribution in [0.4, 0.5) is 11.4 Å². The fourth-order valence-corrected chi connectivity index (χ4v) is 2.53. The molecule has 0 radical (unpaired) electrons. The van der Waals surface area contributed by atoms with Gasteiger partial charge in [-0.25, -0.2) is 0 Å². The van der Waals surface area contributed by atoms with E-state index in [1.165, 1.54) is 0 Å². The first-order valence-corrected chi connectivity index (χ1v) is 8.10. The number of hydrogen-bond donors (Lipinski definition) is 2. The lowest BCUT2D eigenvalue weighted by Gasteiger charge is -2.23. The molecule has 6 heteroatoms. The molecule has 0 saturated heterocycles. The maximum atomic E-state index is 12.5. The number of amides is 2. The smallest absolute Gasteiger partial charge is 0.239 e. The van der Waals surface area contributed by atoms with Gasteiger partial charge in [0.2, 0.25) is 11.8 Å². The average Bonchev–Trinajstić information content (AvgIpc) is 2.48. The SMILES string of the molecule is Cc1ccccc1NC(=O)C(C)(C)C(=O)Nc1cc(Cl)cc(Cl)c1. The second kappa shape index (κ2) is 7.24. The van der Waals surface area contributed by atoms with Crippen LogP contribution in [0.2, 0.25) is 10.0 Å². The molecule has 0 aliphatic carbocycles. The molecule has 2 aromatic rings. The number of rotatable bonds is 4. The van der Waals surface area contributed by atoms with E-state index in [2.05, 4.69) is 10.6 Å². The van der Waals surface area contributed by atoms with Gasteiger partial charge in [0.15, 0.2) is 0 Å². The van der Waals surface area contributed by atoms with Gasteiger partial charge < -0.3 is 10.6 Å². The lowest BCUT2D eigenvalue weighted by molar-refractivity contribution is -0.135. The first kappa shape index (κ1) is 18.3. The largest absolute Gasteiger partial charge is 0.325 e. The molecule has 0 heterocycles. The van der Waals surface area contributed by atoms with Crippen LogP contribution in [-0.4, -0.2) is 11.8 Å². The molecule has 2 amide bonds. The molecule has 0 unspecified atom stereocenters. The third-order valence-corrected chi connectivity index (χ3v) is 4.09. The average molecular weight is 365 g/mol. The molecule has 24 heavy (non-hydrogen) atoms. The van der Waals surface area contributed by atoms with Crippen molar-refractivity contribution >= 4 is 46.4 Å². The van der Waals surface area contributed by atoms with E-state index in [1.54, 1.807) is 38.1 Å². The number of carbonyl (C=O) groups excluding carboxylic acids is 2. The van der Waals surface area contributed by atoms with Crippen molar-refractivity contribution in [3.8, 4) is 0 Å². The summed E-state index contributed by atoms with van der Waals surface area (Å²) in [5.74, 6) is -0.852.